The second-order valence-electron chi connectivity index (χ2n) is 4.38. The Morgan fingerprint density at radius 3 is 2.81 bits per heavy atom. The van der Waals surface area contributed by atoms with Gasteiger partial charge in [0, 0.05) is 27.6 Å². The molecule has 2 heterocycles. The molecule has 7 heteroatoms. The maximum absolute atomic E-state index is 10.9. The Morgan fingerprint density at radius 2 is 2.10 bits per heavy atom. The molecule has 6 nitrogen and oxygen atoms in total. The molecule has 0 spiro atoms. The first-order valence-corrected chi connectivity index (χ1v) is 7.13. The third-order valence-electron chi connectivity index (χ3n) is 3.09. The van der Waals surface area contributed by atoms with Crippen LogP contribution in [-0.2, 0) is 0 Å². The number of rotatable bonds is 3. The number of pyridine rings is 1. The van der Waals surface area contributed by atoms with Crippen LogP contribution < -0.4 is 4.74 Å². The minimum Gasteiger partial charge on any atom is -0.490 e. The molecule has 0 aliphatic carbocycles. The maximum Gasteiger partial charge on any atom is 0.310 e. The molecule has 0 bridgehead atoms. The van der Waals surface area contributed by atoms with Gasteiger partial charge >= 0.3 is 5.69 Å². The Balaban J connectivity index is 2.11. The van der Waals surface area contributed by atoms with Crippen LogP contribution in [0.4, 0.5) is 5.69 Å². The minimum atomic E-state index is -0.464. The van der Waals surface area contributed by atoms with Crippen molar-refractivity contribution >= 4 is 33.9 Å². The van der Waals surface area contributed by atoms with Gasteiger partial charge in [-0.1, -0.05) is 0 Å². The highest BCUT2D eigenvalue weighted by atomic mass is 127. The summed E-state index contributed by atoms with van der Waals surface area (Å²) in [5.74, 6) is 0.226. The van der Waals surface area contributed by atoms with Gasteiger partial charge in [0.25, 0.3) is 0 Å². The van der Waals surface area contributed by atoms with Gasteiger partial charge in [0.15, 0.2) is 5.75 Å². The fourth-order valence-electron chi connectivity index (χ4n) is 2.09. The molecular weight excluding hydrogens is 385 g/mol. The summed E-state index contributed by atoms with van der Waals surface area (Å²) in [5.41, 5.74) is 2.28. The van der Waals surface area contributed by atoms with Crippen molar-refractivity contribution in [1.29, 1.82) is 0 Å². The van der Waals surface area contributed by atoms with Crippen LogP contribution in [0.2, 0.25) is 0 Å². The van der Waals surface area contributed by atoms with E-state index in [4.69, 9.17) is 4.74 Å². The molecule has 0 saturated carbocycles. The molecule has 0 unspecified atom stereocenters. The summed E-state index contributed by atoms with van der Waals surface area (Å²) >= 11 is 2.23. The molecule has 0 aliphatic heterocycles. The number of imidazole rings is 1. The number of hydrogen-bond acceptors (Lipinski definition) is 4. The number of benzene rings is 1. The van der Waals surface area contributed by atoms with Crippen molar-refractivity contribution in [2.24, 2.45) is 0 Å². The van der Waals surface area contributed by atoms with Gasteiger partial charge in [0.2, 0.25) is 0 Å². The van der Waals surface area contributed by atoms with Gasteiger partial charge in [0.1, 0.15) is 5.65 Å². The maximum atomic E-state index is 10.9. The molecule has 1 aromatic carbocycles. The highest BCUT2D eigenvalue weighted by molar-refractivity contribution is 14.1. The Labute approximate surface area is 133 Å². The number of nitrogens with zero attached hydrogens (tertiary/aromatic N) is 3. The molecule has 0 saturated heterocycles. The van der Waals surface area contributed by atoms with Gasteiger partial charge in [-0.2, -0.15) is 0 Å². The number of hydrogen-bond donors (Lipinski definition) is 0. The number of fused-ring (bicyclic) bond motifs is 1. The Morgan fingerprint density at radius 1 is 1.29 bits per heavy atom. The van der Waals surface area contributed by atoms with Gasteiger partial charge in [-0.3, -0.25) is 10.1 Å². The quantitative estimate of drug-likeness (QED) is 0.387. The molecule has 0 fully saturated rings. The summed E-state index contributed by atoms with van der Waals surface area (Å²) in [6.45, 7) is 0. The fourth-order valence-corrected chi connectivity index (χ4v) is 2.57. The average molecular weight is 395 g/mol. The van der Waals surface area contributed by atoms with Crippen molar-refractivity contribution in [2.45, 2.75) is 0 Å². The fraction of sp³-hybridized carbons (Fsp3) is 0.0714. The Bertz CT molecular complexity index is 845. The van der Waals surface area contributed by atoms with Crippen LogP contribution in [-0.4, -0.2) is 21.4 Å². The number of nitro benzene ring substituents is 1. The highest BCUT2D eigenvalue weighted by Crippen LogP contribution is 2.31. The van der Waals surface area contributed by atoms with E-state index in [1.54, 1.807) is 12.1 Å². The number of halogens is 1. The molecule has 3 aromatic rings. The molecule has 106 valence electrons. The Kier molecular flexibility index (Phi) is 3.50. The van der Waals surface area contributed by atoms with E-state index >= 15 is 0 Å². The van der Waals surface area contributed by atoms with E-state index in [1.807, 2.05) is 28.9 Å². The summed E-state index contributed by atoms with van der Waals surface area (Å²) in [7, 11) is 1.41. The number of methoxy groups -OCH3 is 1. The van der Waals surface area contributed by atoms with Crippen LogP contribution in [0, 0.1) is 13.7 Å². The van der Waals surface area contributed by atoms with Crippen molar-refractivity contribution in [2.75, 3.05) is 7.11 Å². The highest BCUT2D eigenvalue weighted by Gasteiger charge is 2.16. The molecule has 3 rings (SSSR count). The van der Waals surface area contributed by atoms with Crippen molar-refractivity contribution in [3.63, 3.8) is 0 Å². The zero-order chi connectivity index (χ0) is 15.0. The first-order valence-electron chi connectivity index (χ1n) is 6.05. The number of nitro groups is 1. The molecule has 2 aromatic heterocycles. The van der Waals surface area contributed by atoms with Crippen LogP contribution >= 0.6 is 22.6 Å². The van der Waals surface area contributed by atoms with E-state index in [0.29, 0.717) is 0 Å². The van der Waals surface area contributed by atoms with Crippen LogP contribution in [0.5, 0.6) is 5.75 Å². The van der Waals surface area contributed by atoms with Gasteiger partial charge in [0.05, 0.1) is 17.7 Å². The lowest BCUT2D eigenvalue weighted by Crippen LogP contribution is -1.93. The SMILES string of the molecule is COc1cc(-c2cn3cc(I)ccc3n2)ccc1[N+](=O)[O-]. The summed E-state index contributed by atoms with van der Waals surface area (Å²) in [4.78, 5) is 15.0. The minimum absolute atomic E-state index is 0.0560. The first kappa shape index (κ1) is 13.8. The van der Waals surface area contributed by atoms with E-state index in [1.165, 1.54) is 13.2 Å². The van der Waals surface area contributed by atoms with Gasteiger partial charge < -0.3 is 9.14 Å². The van der Waals surface area contributed by atoms with Crippen LogP contribution in [0.25, 0.3) is 16.9 Å². The smallest absolute Gasteiger partial charge is 0.310 e. The van der Waals surface area contributed by atoms with E-state index in [9.17, 15) is 10.1 Å². The topological polar surface area (TPSA) is 69.7 Å². The van der Waals surface area contributed by atoms with E-state index in [-0.39, 0.29) is 11.4 Å². The summed E-state index contributed by atoms with van der Waals surface area (Å²) in [6, 6.07) is 8.64. The van der Waals surface area contributed by atoms with Gasteiger partial charge in [-0.05, 0) is 46.9 Å². The van der Waals surface area contributed by atoms with Crippen molar-refractivity contribution < 1.29 is 9.66 Å². The normalized spacial score (nSPS) is 10.8. The third kappa shape index (κ3) is 2.56. The number of aromatic nitrogens is 2. The molecular formula is C14H10IN3O3. The predicted octanol–water partition coefficient (Wildman–Crippen LogP) is 3.52. The van der Waals surface area contributed by atoms with E-state index in [2.05, 4.69) is 27.6 Å². The largest absolute Gasteiger partial charge is 0.490 e. The van der Waals surface area contributed by atoms with Gasteiger partial charge in [-0.15, -0.1) is 0 Å². The van der Waals surface area contributed by atoms with E-state index < -0.39 is 4.92 Å². The van der Waals surface area contributed by atoms with Crippen molar-refractivity contribution in [1.82, 2.24) is 9.38 Å². The zero-order valence-corrected chi connectivity index (χ0v) is 13.1. The summed E-state index contributed by atoms with van der Waals surface area (Å²) in [5, 5.41) is 10.9. The molecule has 0 aliphatic rings. The monoisotopic (exact) mass is 395 g/mol. The average Bonchev–Trinajstić information content (AvgIpc) is 2.89. The van der Waals surface area contributed by atoms with Crippen LogP contribution in [0.15, 0.2) is 42.7 Å². The lowest BCUT2D eigenvalue weighted by molar-refractivity contribution is -0.385. The second-order valence-corrected chi connectivity index (χ2v) is 5.63. The van der Waals surface area contributed by atoms with E-state index in [0.717, 1.165) is 20.5 Å². The summed E-state index contributed by atoms with van der Waals surface area (Å²) in [6.07, 6.45) is 3.85. The first-order chi connectivity index (χ1) is 10.1. The Hall–Kier alpha value is -2.16. The molecule has 0 N–H and O–H groups in total. The number of ether oxygens (including phenoxy) is 1. The van der Waals surface area contributed by atoms with Crippen molar-refractivity contribution in [3.8, 4) is 17.0 Å². The van der Waals surface area contributed by atoms with Crippen LogP contribution in [0.3, 0.4) is 0 Å². The summed E-state index contributed by atoms with van der Waals surface area (Å²) < 4.78 is 8.11. The van der Waals surface area contributed by atoms with Crippen LogP contribution in [0.1, 0.15) is 0 Å². The lowest BCUT2D eigenvalue weighted by atomic mass is 10.1. The third-order valence-corrected chi connectivity index (χ3v) is 3.73. The lowest BCUT2D eigenvalue weighted by Gasteiger charge is -2.03. The molecule has 0 atom stereocenters. The van der Waals surface area contributed by atoms with Crippen molar-refractivity contribution in [3.05, 3.63) is 56.4 Å². The standard InChI is InChI=1S/C14H10IN3O3/c1-21-13-6-9(2-4-12(13)18(19)20)11-8-17-7-10(15)3-5-14(17)16-11/h2-8H,1H3. The molecule has 0 amide bonds. The molecule has 21 heavy (non-hydrogen) atoms. The second kappa shape index (κ2) is 5.32. The molecule has 0 radical (unpaired) electrons. The predicted molar refractivity (Wildman–Crippen MR) is 86.6 cm³/mol. The van der Waals surface area contributed by atoms with Gasteiger partial charge in [-0.25, -0.2) is 4.98 Å². The zero-order valence-electron chi connectivity index (χ0n) is 11.0.